The van der Waals surface area contributed by atoms with Crippen LogP contribution in [0.3, 0.4) is 0 Å². The first-order chi connectivity index (χ1) is 13.1. The van der Waals surface area contributed by atoms with Crippen LogP contribution in [0.1, 0.15) is 23.2 Å². The summed E-state index contributed by atoms with van der Waals surface area (Å²) in [6, 6.07) is 11.9. The molecule has 7 nitrogen and oxygen atoms in total. The third-order valence-electron chi connectivity index (χ3n) is 4.28. The zero-order chi connectivity index (χ0) is 19.2. The van der Waals surface area contributed by atoms with Gasteiger partial charge in [0.15, 0.2) is 11.5 Å². The molecule has 1 aliphatic heterocycles. The molecule has 1 heterocycles. The van der Waals surface area contributed by atoms with Crippen LogP contribution in [0.15, 0.2) is 42.5 Å². The predicted octanol–water partition coefficient (Wildman–Crippen LogP) is 3.07. The quantitative estimate of drug-likeness (QED) is 0.816. The van der Waals surface area contributed by atoms with Crippen molar-refractivity contribution in [3.8, 4) is 11.5 Å². The largest absolute Gasteiger partial charge is 0.493 e. The minimum Gasteiger partial charge on any atom is -0.493 e. The van der Waals surface area contributed by atoms with E-state index in [0.29, 0.717) is 35.0 Å². The molecule has 1 fully saturated rings. The third-order valence-corrected chi connectivity index (χ3v) is 4.28. The number of carbonyl (C=O) groups excluding carboxylic acids is 2. The van der Waals surface area contributed by atoms with Gasteiger partial charge >= 0.3 is 0 Å². The van der Waals surface area contributed by atoms with Crippen molar-refractivity contribution in [3.05, 3.63) is 48.0 Å². The van der Waals surface area contributed by atoms with E-state index in [1.54, 1.807) is 42.5 Å². The molecule has 0 saturated carbocycles. The summed E-state index contributed by atoms with van der Waals surface area (Å²) >= 11 is 0. The Labute approximate surface area is 157 Å². The summed E-state index contributed by atoms with van der Waals surface area (Å²) in [6.45, 7) is 0.624. The standard InChI is InChI=1S/C20H22N2O5/c1-25-16-10-5-13(12-18(16)26-2)19(23)21-14-6-8-15(9-7-14)22-20(24)17-4-3-11-27-17/h5-10,12,17H,3-4,11H2,1-2H3,(H,21,23)(H,22,24). The molecule has 1 atom stereocenters. The molecule has 0 bridgehead atoms. The number of anilines is 2. The van der Waals surface area contributed by atoms with Crippen molar-refractivity contribution in [2.24, 2.45) is 0 Å². The highest BCUT2D eigenvalue weighted by atomic mass is 16.5. The lowest BCUT2D eigenvalue weighted by molar-refractivity contribution is -0.124. The molecule has 27 heavy (non-hydrogen) atoms. The van der Waals surface area contributed by atoms with Gasteiger partial charge in [-0.1, -0.05) is 0 Å². The fourth-order valence-electron chi connectivity index (χ4n) is 2.82. The molecular formula is C20H22N2O5. The maximum atomic E-state index is 12.4. The minimum absolute atomic E-state index is 0.144. The summed E-state index contributed by atoms with van der Waals surface area (Å²) in [5, 5.41) is 5.63. The second-order valence-corrected chi connectivity index (χ2v) is 6.09. The molecule has 1 unspecified atom stereocenters. The average molecular weight is 370 g/mol. The maximum Gasteiger partial charge on any atom is 0.255 e. The average Bonchev–Trinajstić information content (AvgIpc) is 3.24. The molecule has 3 rings (SSSR count). The van der Waals surface area contributed by atoms with Crippen LogP contribution in [0.25, 0.3) is 0 Å². The molecule has 1 saturated heterocycles. The van der Waals surface area contributed by atoms with Crippen molar-refractivity contribution in [2.75, 3.05) is 31.5 Å². The second kappa shape index (κ2) is 8.55. The number of nitrogens with one attached hydrogen (secondary N) is 2. The molecule has 7 heteroatoms. The minimum atomic E-state index is -0.380. The van der Waals surface area contributed by atoms with E-state index in [-0.39, 0.29) is 17.9 Å². The molecule has 2 amide bonds. The van der Waals surface area contributed by atoms with Crippen LogP contribution < -0.4 is 20.1 Å². The first-order valence-corrected chi connectivity index (χ1v) is 8.66. The van der Waals surface area contributed by atoms with Crippen LogP contribution in [0.4, 0.5) is 11.4 Å². The van der Waals surface area contributed by atoms with Crippen LogP contribution in [0.2, 0.25) is 0 Å². The SMILES string of the molecule is COc1ccc(C(=O)Nc2ccc(NC(=O)C3CCCO3)cc2)cc1OC. The van der Waals surface area contributed by atoms with E-state index in [1.807, 2.05) is 0 Å². The van der Waals surface area contributed by atoms with Gasteiger partial charge in [-0.2, -0.15) is 0 Å². The van der Waals surface area contributed by atoms with Gasteiger partial charge in [-0.25, -0.2) is 0 Å². The second-order valence-electron chi connectivity index (χ2n) is 6.09. The van der Waals surface area contributed by atoms with Gasteiger partial charge in [0.25, 0.3) is 11.8 Å². The van der Waals surface area contributed by atoms with Gasteiger partial charge in [0.1, 0.15) is 6.10 Å². The number of rotatable bonds is 6. The van der Waals surface area contributed by atoms with Gasteiger partial charge in [-0.15, -0.1) is 0 Å². The Balaban J connectivity index is 1.62. The molecule has 0 aromatic heterocycles. The first kappa shape index (κ1) is 18.7. The Morgan fingerprint density at radius 1 is 0.963 bits per heavy atom. The van der Waals surface area contributed by atoms with E-state index in [1.165, 1.54) is 14.2 Å². The maximum absolute atomic E-state index is 12.4. The van der Waals surface area contributed by atoms with Gasteiger partial charge in [0.2, 0.25) is 0 Å². The zero-order valence-electron chi connectivity index (χ0n) is 15.3. The van der Waals surface area contributed by atoms with Gasteiger partial charge < -0.3 is 24.8 Å². The summed E-state index contributed by atoms with van der Waals surface area (Å²) in [7, 11) is 3.06. The van der Waals surface area contributed by atoms with E-state index in [9.17, 15) is 9.59 Å². The van der Waals surface area contributed by atoms with E-state index >= 15 is 0 Å². The van der Waals surface area contributed by atoms with E-state index in [4.69, 9.17) is 14.2 Å². The zero-order valence-corrected chi connectivity index (χ0v) is 15.3. The molecule has 0 radical (unpaired) electrons. The van der Waals surface area contributed by atoms with Crippen molar-refractivity contribution >= 4 is 23.2 Å². The number of carbonyl (C=O) groups is 2. The van der Waals surface area contributed by atoms with Crippen molar-refractivity contribution < 1.29 is 23.8 Å². The molecule has 1 aliphatic rings. The molecule has 2 N–H and O–H groups in total. The third kappa shape index (κ3) is 4.57. The highest BCUT2D eigenvalue weighted by molar-refractivity contribution is 6.04. The summed E-state index contributed by atoms with van der Waals surface area (Å²) in [4.78, 5) is 24.5. The number of methoxy groups -OCH3 is 2. The number of hydrogen-bond donors (Lipinski definition) is 2. The molecule has 0 aliphatic carbocycles. The van der Waals surface area contributed by atoms with Gasteiger partial charge in [-0.3, -0.25) is 9.59 Å². The lowest BCUT2D eigenvalue weighted by Gasteiger charge is -2.12. The number of benzene rings is 2. The van der Waals surface area contributed by atoms with Crippen molar-refractivity contribution in [1.82, 2.24) is 0 Å². The van der Waals surface area contributed by atoms with E-state index < -0.39 is 0 Å². The van der Waals surface area contributed by atoms with Crippen LogP contribution in [0.5, 0.6) is 11.5 Å². The highest BCUT2D eigenvalue weighted by Gasteiger charge is 2.23. The Morgan fingerprint density at radius 3 is 2.22 bits per heavy atom. The Hall–Kier alpha value is -3.06. The summed E-state index contributed by atoms with van der Waals surface area (Å²) in [5.74, 6) is 0.624. The molecular weight excluding hydrogens is 348 g/mol. The number of amides is 2. The molecule has 142 valence electrons. The molecule has 2 aromatic rings. The Morgan fingerprint density at radius 2 is 1.63 bits per heavy atom. The fourth-order valence-corrected chi connectivity index (χ4v) is 2.82. The molecule has 2 aromatic carbocycles. The van der Waals surface area contributed by atoms with Crippen LogP contribution >= 0.6 is 0 Å². The van der Waals surface area contributed by atoms with Gasteiger partial charge in [0, 0.05) is 23.5 Å². The summed E-state index contributed by atoms with van der Waals surface area (Å²) < 4.78 is 15.7. The number of hydrogen-bond acceptors (Lipinski definition) is 5. The van der Waals surface area contributed by atoms with Crippen molar-refractivity contribution in [3.63, 3.8) is 0 Å². The fraction of sp³-hybridized carbons (Fsp3) is 0.300. The van der Waals surface area contributed by atoms with Crippen molar-refractivity contribution in [1.29, 1.82) is 0 Å². The Bertz CT molecular complexity index is 814. The van der Waals surface area contributed by atoms with Gasteiger partial charge in [0.05, 0.1) is 14.2 Å². The summed E-state index contributed by atoms with van der Waals surface area (Å²) in [5.41, 5.74) is 1.72. The van der Waals surface area contributed by atoms with E-state index in [0.717, 1.165) is 12.8 Å². The molecule has 0 spiro atoms. The predicted molar refractivity (Wildman–Crippen MR) is 102 cm³/mol. The highest BCUT2D eigenvalue weighted by Crippen LogP contribution is 2.28. The first-order valence-electron chi connectivity index (χ1n) is 8.66. The van der Waals surface area contributed by atoms with Crippen LogP contribution in [0, 0.1) is 0 Å². The van der Waals surface area contributed by atoms with Crippen LogP contribution in [-0.4, -0.2) is 38.7 Å². The van der Waals surface area contributed by atoms with Gasteiger partial charge in [-0.05, 0) is 55.3 Å². The van der Waals surface area contributed by atoms with Crippen LogP contribution in [-0.2, 0) is 9.53 Å². The van der Waals surface area contributed by atoms with E-state index in [2.05, 4.69) is 10.6 Å². The van der Waals surface area contributed by atoms with Crippen molar-refractivity contribution in [2.45, 2.75) is 18.9 Å². The monoisotopic (exact) mass is 370 g/mol. The number of ether oxygens (including phenoxy) is 3. The smallest absolute Gasteiger partial charge is 0.255 e. The lowest BCUT2D eigenvalue weighted by atomic mass is 10.1. The summed E-state index contributed by atoms with van der Waals surface area (Å²) in [6.07, 6.45) is 1.26. The topological polar surface area (TPSA) is 85.9 Å². The lowest BCUT2D eigenvalue weighted by Crippen LogP contribution is -2.26. The Kier molecular flexibility index (Phi) is 5.93. The normalized spacial score (nSPS) is 15.9.